The number of rotatable bonds is 4. The highest BCUT2D eigenvalue weighted by Crippen LogP contribution is 2.30. The van der Waals surface area contributed by atoms with Crippen molar-refractivity contribution in [3.05, 3.63) is 59.2 Å². The molecule has 0 unspecified atom stereocenters. The first kappa shape index (κ1) is 16.2. The van der Waals surface area contributed by atoms with Crippen LogP contribution in [0.1, 0.15) is 24.1 Å². The maximum absolute atomic E-state index is 13.7. The van der Waals surface area contributed by atoms with Crippen LogP contribution in [-0.2, 0) is 11.2 Å². The second-order valence-electron chi connectivity index (χ2n) is 5.61. The van der Waals surface area contributed by atoms with Gasteiger partial charge in [0.25, 0.3) is 0 Å². The van der Waals surface area contributed by atoms with Crippen LogP contribution in [0.2, 0.25) is 0 Å². The van der Waals surface area contributed by atoms with E-state index in [2.05, 4.69) is 5.32 Å². The Bertz CT molecular complexity index is 764. The predicted octanol–water partition coefficient (Wildman–Crippen LogP) is 3.16. The fourth-order valence-electron chi connectivity index (χ4n) is 2.61. The minimum atomic E-state index is -0.679. The lowest BCUT2D eigenvalue weighted by atomic mass is 10.1. The smallest absolute Gasteiger partial charge is 0.224 e. The molecule has 0 spiro atoms. The average molecular weight is 333 g/mol. The first-order chi connectivity index (χ1) is 11.5. The van der Waals surface area contributed by atoms with E-state index in [0.717, 1.165) is 11.6 Å². The number of benzene rings is 2. The van der Waals surface area contributed by atoms with E-state index in [4.69, 9.17) is 9.47 Å². The van der Waals surface area contributed by atoms with Crippen molar-refractivity contribution in [3.63, 3.8) is 0 Å². The highest BCUT2D eigenvalue weighted by molar-refractivity contribution is 5.79. The van der Waals surface area contributed by atoms with Crippen LogP contribution in [0.5, 0.6) is 11.5 Å². The zero-order chi connectivity index (χ0) is 17.1. The van der Waals surface area contributed by atoms with Gasteiger partial charge in [0.15, 0.2) is 11.5 Å². The zero-order valence-electron chi connectivity index (χ0n) is 13.1. The van der Waals surface area contributed by atoms with Crippen molar-refractivity contribution in [2.75, 3.05) is 13.2 Å². The summed E-state index contributed by atoms with van der Waals surface area (Å²) in [5.74, 6) is -0.313. The van der Waals surface area contributed by atoms with E-state index in [0.29, 0.717) is 24.7 Å². The number of hydrogen-bond acceptors (Lipinski definition) is 3. The maximum atomic E-state index is 13.7. The van der Waals surface area contributed by atoms with Gasteiger partial charge in [-0.3, -0.25) is 4.79 Å². The van der Waals surface area contributed by atoms with Gasteiger partial charge in [0.2, 0.25) is 5.91 Å². The van der Waals surface area contributed by atoms with E-state index >= 15 is 0 Å². The maximum Gasteiger partial charge on any atom is 0.224 e. The van der Waals surface area contributed by atoms with E-state index in [1.807, 2.05) is 0 Å². The fourth-order valence-corrected chi connectivity index (χ4v) is 2.61. The number of nitrogens with one attached hydrogen (secondary N) is 1. The van der Waals surface area contributed by atoms with Crippen LogP contribution in [0.4, 0.5) is 8.78 Å². The molecule has 0 aromatic heterocycles. The van der Waals surface area contributed by atoms with Crippen molar-refractivity contribution < 1.29 is 23.0 Å². The number of ether oxygens (including phenoxy) is 2. The number of hydrogen-bond donors (Lipinski definition) is 1. The monoisotopic (exact) mass is 333 g/mol. The summed E-state index contributed by atoms with van der Waals surface area (Å²) in [6.07, 6.45) is 0.129. The van der Waals surface area contributed by atoms with Crippen molar-refractivity contribution in [2.24, 2.45) is 0 Å². The van der Waals surface area contributed by atoms with Crippen LogP contribution in [0.15, 0.2) is 36.4 Å². The molecule has 0 saturated carbocycles. The van der Waals surface area contributed by atoms with E-state index in [9.17, 15) is 13.6 Å². The topological polar surface area (TPSA) is 47.6 Å². The van der Waals surface area contributed by atoms with Gasteiger partial charge in [-0.05, 0) is 30.7 Å². The minimum Gasteiger partial charge on any atom is -0.486 e. The van der Waals surface area contributed by atoms with Crippen LogP contribution in [0.3, 0.4) is 0 Å². The Morgan fingerprint density at radius 1 is 1.12 bits per heavy atom. The first-order valence-corrected chi connectivity index (χ1v) is 7.66. The lowest BCUT2D eigenvalue weighted by Gasteiger charge is -2.19. The zero-order valence-corrected chi connectivity index (χ0v) is 13.1. The van der Waals surface area contributed by atoms with Crippen molar-refractivity contribution in [1.29, 1.82) is 0 Å². The van der Waals surface area contributed by atoms with Gasteiger partial charge in [0.1, 0.15) is 24.8 Å². The third kappa shape index (κ3) is 3.64. The van der Waals surface area contributed by atoms with Crippen molar-refractivity contribution >= 4 is 5.91 Å². The first-order valence-electron chi connectivity index (χ1n) is 7.66. The highest BCUT2D eigenvalue weighted by atomic mass is 19.1. The van der Waals surface area contributed by atoms with Crippen LogP contribution >= 0.6 is 0 Å². The number of carbonyl (C=O) groups is 1. The van der Waals surface area contributed by atoms with Crippen LogP contribution in [-0.4, -0.2) is 19.1 Å². The molecule has 0 fully saturated rings. The lowest BCUT2D eigenvalue weighted by molar-refractivity contribution is -0.121. The fraction of sp³-hybridized carbons (Fsp3) is 0.278. The van der Waals surface area contributed by atoms with Gasteiger partial charge in [-0.15, -0.1) is 0 Å². The third-order valence-corrected chi connectivity index (χ3v) is 3.78. The van der Waals surface area contributed by atoms with Gasteiger partial charge in [-0.2, -0.15) is 0 Å². The molecule has 0 saturated heterocycles. The average Bonchev–Trinajstić information content (AvgIpc) is 2.54. The molecule has 1 heterocycles. The summed E-state index contributed by atoms with van der Waals surface area (Å²) < 4.78 is 37.6. The molecule has 6 heteroatoms. The number of amides is 1. The van der Waals surface area contributed by atoms with Gasteiger partial charge in [-0.25, -0.2) is 8.78 Å². The molecule has 0 aliphatic carbocycles. The second kappa shape index (κ2) is 6.86. The Morgan fingerprint density at radius 3 is 2.62 bits per heavy atom. The number of carbonyl (C=O) groups excluding carboxylic acids is 1. The Morgan fingerprint density at radius 2 is 1.88 bits per heavy atom. The molecule has 4 nitrogen and oxygen atoms in total. The number of fused-ring (bicyclic) bond motifs is 1. The summed E-state index contributed by atoms with van der Waals surface area (Å²) >= 11 is 0. The third-order valence-electron chi connectivity index (χ3n) is 3.78. The van der Waals surface area contributed by atoms with E-state index in [1.165, 1.54) is 12.1 Å². The molecule has 1 aliphatic rings. The molecule has 1 amide bonds. The summed E-state index contributed by atoms with van der Waals surface area (Å²) in [4.78, 5) is 12.2. The minimum absolute atomic E-state index is 0.129. The van der Waals surface area contributed by atoms with Crippen molar-refractivity contribution in [3.8, 4) is 11.5 Å². The summed E-state index contributed by atoms with van der Waals surface area (Å²) in [7, 11) is 0. The summed E-state index contributed by atoms with van der Waals surface area (Å²) in [5.41, 5.74) is 1.01. The van der Waals surface area contributed by atoms with Crippen molar-refractivity contribution in [2.45, 2.75) is 19.4 Å². The summed E-state index contributed by atoms with van der Waals surface area (Å²) in [5, 5.41) is 2.71. The Balaban J connectivity index is 1.65. The molecule has 2 aromatic carbocycles. The number of halogens is 2. The van der Waals surface area contributed by atoms with Crippen LogP contribution in [0, 0.1) is 11.6 Å². The molecule has 3 rings (SSSR count). The molecular formula is C18H17F2NO3. The van der Waals surface area contributed by atoms with E-state index < -0.39 is 17.7 Å². The molecule has 1 atom stereocenters. The van der Waals surface area contributed by atoms with Gasteiger partial charge in [-0.1, -0.05) is 12.1 Å². The Labute approximate surface area is 138 Å². The van der Waals surface area contributed by atoms with Crippen LogP contribution < -0.4 is 14.8 Å². The summed E-state index contributed by atoms with van der Waals surface area (Å²) in [6, 6.07) is 8.06. The van der Waals surface area contributed by atoms with Gasteiger partial charge in [0, 0.05) is 11.6 Å². The van der Waals surface area contributed by atoms with Gasteiger partial charge in [0.05, 0.1) is 12.5 Å². The van der Waals surface area contributed by atoms with Crippen molar-refractivity contribution in [1.82, 2.24) is 5.32 Å². The molecule has 24 heavy (non-hydrogen) atoms. The quantitative estimate of drug-likeness (QED) is 0.935. The molecule has 1 aliphatic heterocycles. The van der Waals surface area contributed by atoms with Crippen LogP contribution in [0.25, 0.3) is 0 Å². The molecule has 0 bridgehead atoms. The van der Waals surface area contributed by atoms with Gasteiger partial charge >= 0.3 is 0 Å². The Hall–Kier alpha value is -2.63. The van der Waals surface area contributed by atoms with Gasteiger partial charge < -0.3 is 14.8 Å². The van der Waals surface area contributed by atoms with E-state index in [1.54, 1.807) is 25.1 Å². The normalized spacial score (nSPS) is 14.1. The molecule has 2 aromatic rings. The lowest BCUT2D eigenvalue weighted by Crippen LogP contribution is -2.28. The summed E-state index contributed by atoms with van der Waals surface area (Å²) in [6.45, 7) is 2.63. The molecule has 126 valence electrons. The highest BCUT2D eigenvalue weighted by Gasteiger charge is 2.16. The molecule has 1 N–H and O–H groups in total. The van der Waals surface area contributed by atoms with E-state index in [-0.39, 0.29) is 17.9 Å². The standard InChI is InChI=1S/C18H17F2NO3/c1-11(14-4-3-13(19)10-15(14)20)21-18(22)9-12-2-5-16-17(8-12)24-7-6-23-16/h2-5,8,10-11H,6-7,9H2,1H3,(H,21,22)/t11-/m1/s1. The SMILES string of the molecule is C[C@@H](NC(=O)Cc1ccc2c(c1)OCCO2)c1ccc(F)cc1F. The Kier molecular flexibility index (Phi) is 4.64. The predicted molar refractivity (Wildman–Crippen MR) is 84.1 cm³/mol. The molecule has 0 radical (unpaired) electrons. The largest absolute Gasteiger partial charge is 0.486 e. The molecular weight excluding hydrogens is 316 g/mol. The second-order valence-corrected chi connectivity index (χ2v) is 5.61.